The van der Waals surface area contributed by atoms with Crippen molar-refractivity contribution in [3.8, 4) is 0 Å². The van der Waals surface area contributed by atoms with Crippen LogP contribution in [0, 0.1) is 5.41 Å². The molecule has 1 unspecified atom stereocenters. The van der Waals surface area contributed by atoms with Gasteiger partial charge in [0.15, 0.2) is 0 Å². The van der Waals surface area contributed by atoms with E-state index in [1.807, 2.05) is 30.3 Å². The minimum absolute atomic E-state index is 0.0127. The lowest BCUT2D eigenvalue weighted by molar-refractivity contribution is 0.103. The maximum atomic E-state index is 13.5. The lowest BCUT2D eigenvalue weighted by Gasteiger charge is -2.18. The van der Waals surface area contributed by atoms with Crippen molar-refractivity contribution in [3.63, 3.8) is 0 Å². The lowest BCUT2D eigenvalue weighted by atomic mass is 10.0. The largest absolute Gasteiger partial charge is 0.384 e. The molecule has 0 fully saturated rings. The Kier molecular flexibility index (Phi) is 7.24. The number of hydrogen-bond donors (Lipinski definition) is 4. The molecule has 192 valence electrons. The summed E-state index contributed by atoms with van der Waals surface area (Å²) in [5.74, 6) is -0.503. The minimum Gasteiger partial charge on any atom is -0.384 e. The zero-order chi connectivity index (χ0) is 26.7. The Bertz CT molecular complexity index is 1700. The number of anilines is 1. The van der Waals surface area contributed by atoms with Gasteiger partial charge in [0, 0.05) is 11.3 Å². The molecule has 0 aliphatic heterocycles. The van der Waals surface area contributed by atoms with Gasteiger partial charge in [0.1, 0.15) is 15.7 Å². The lowest BCUT2D eigenvalue weighted by Crippen LogP contribution is -2.30. The first-order chi connectivity index (χ1) is 18.3. The number of amidine groups is 1. The summed E-state index contributed by atoms with van der Waals surface area (Å²) in [6.45, 7) is 0. The average Bonchev–Trinajstić information content (AvgIpc) is 3.59. The van der Waals surface area contributed by atoms with Gasteiger partial charge in [-0.05, 0) is 59.9 Å². The molecule has 0 spiro atoms. The SMILES string of the molecule is N=C(N)c1cccc(CC(NS(=O)(=O)c2cccc(NC(=O)c3cnns3)c2)c2nc3ccccc3s2)c1. The number of aromatic nitrogens is 3. The maximum absolute atomic E-state index is 13.5. The highest BCUT2D eigenvalue weighted by Gasteiger charge is 2.25. The van der Waals surface area contributed by atoms with Crippen molar-refractivity contribution in [2.24, 2.45) is 5.73 Å². The zero-order valence-electron chi connectivity index (χ0n) is 19.7. The number of nitrogens with zero attached hydrogens (tertiary/aromatic N) is 3. The molecule has 2 aromatic heterocycles. The summed E-state index contributed by atoms with van der Waals surface area (Å²) >= 11 is 2.35. The van der Waals surface area contributed by atoms with Crippen LogP contribution in [0.25, 0.3) is 10.2 Å². The van der Waals surface area contributed by atoms with Crippen LogP contribution < -0.4 is 15.8 Å². The molecule has 0 bridgehead atoms. The Morgan fingerprint density at radius 3 is 2.63 bits per heavy atom. The van der Waals surface area contributed by atoms with Crippen molar-refractivity contribution in [2.75, 3.05) is 5.32 Å². The molecule has 1 amide bonds. The Labute approximate surface area is 226 Å². The third-order valence-electron chi connectivity index (χ3n) is 5.57. The molecule has 2 heterocycles. The number of hydrogen-bond acceptors (Lipinski definition) is 9. The fourth-order valence-electron chi connectivity index (χ4n) is 3.78. The van der Waals surface area contributed by atoms with E-state index in [9.17, 15) is 13.2 Å². The van der Waals surface area contributed by atoms with Gasteiger partial charge in [0.05, 0.1) is 27.4 Å². The molecular formula is C25H21N7O3S3. The molecule has 1 atom stereocenters. The van der Waals surface area contributed by atoms with Crippen LogP contribution in [0.5, 0.6) is 0 Å². The van der Waals surface area contributed by atoms with Gasteiger partial charge < -0.3 is 11.1 Å². The van der Waals surface area contributed by atoms with Crippen molar-refractivity contribution in [3.05, 3.63) is 100 Å². The van der Waals surface area contributed by atoms with Crippen molar-refractivity contribution < 1.29 is 13.2 Å². The third-order valence-corrected chi connectivity index (χ3v) is 8.85. The molecule has 5 rings (SSSR count). The quantitative estimate of drug-likeness (QED) is 0.156. The molecule has 3 aromatic carbocycles. The second kappa shape index (κ2) is 10.8. The topological polar surface area (TPSA) is 164 Å². The minimum atomic E-state index is -4.03. The first kappa shape index (κ1) is 25.6. The summed E-state index contributed by atoms with van der Waals surface area (Å²) in [5.41, 5.74) is 8.09. The smallest absolute Gasteiger partial charge is 0.269 e. The van der Waals surface area contributed by atoms with Crippen LogP contribution in [0.2, 0.25) is 0 Å². The molecule has 13 heteroatoms. The molecule has 10 nitrogen and oxygen atoms in total. The van der Waals surface area contributed by atoms with Crippen LogP contribution in [-0.4, -0.2) is 34.7 Å². The predicted octanol–water partition coefficient (Wildman–Crippen LogP) is 3.95. The summed E-state index contributed by atoms with van der Waals surface area (Å²) in [5, 5.41) is 14.7. The number of carbonyl (C=O) groups excluding carboxylic acids is 1. The van der Waals surface area contributed by atoms with Gasteiger partial charge in [-0.1, -0.05) is 40.9 Å². The highest BCUT2D eigenvalue weighted by atomic mass is 32.2. The number of carbonyl (C=O) groups is 1. The summed E-state index contributed by atoms with van der Waals surface area (Å²) in [7, 11) is -4.03. The van der Waals surface area contributed by atoms with Crippen LogP contribution >= 0.6 is 22.9 Å². The van der Waals surface area contributed by atoms with E-state index in [4.69, 9.17) is 11.1 Å². The standard InChI is InChI=1S/C25H21N7O3S3/c26-23(27)16-6-3-5-15(11-16)12-20(25-30-19-9-1-2-10-21(19)36-25)31-38(34,35)18-8-4-7-17(13-18)29-24(33)22-14-28-32-37-22/h1-11,13-14,20,31H,12H2,(H3,26,27)(H,29,33). The normalized spacial score (nSPS) is 12.3. The maximum Gasteiger partial charge on any atom is 0.269 e. The fourth-order valence-corrected chi connectivity index (χ4v) is 6.53. The fraction of sp³-hybridized carbons (Fsp3) is 0.0800. The van der Waals surface area contributed by atoms with E-state index in [0.29, 0.717) is 21.1 Å². The van der Waals surface area contributed by atoms with Crippen LogP contribution in [0.15, 0.2) is 83.9 Å². The number of para-hydroxylation sites is 1. The van der Waals surface area contributed by atoms with Gasteiger partial charge in [-0.25, -0.2) is 18.1 Å². The second-order valence-corrected chi connectivity index (χ2v) is 11.8. The summed E-state index contributed by atoms with van der Waals surface area (Å²) in [6.07, 6.45) is 1.63. The van der Waals surface area contributed by atoms with Crippen molar-refractivity contribution in [1.82, 2.24) is 19.3 Å². The molecule has 5 aromatic rings. The van der Waals surface area contributed by atoms with Crippen LogP contribution in [0.3, 0.4) is 0 Å². The van der Waals surface area contributed by atoms with E-state index in [-0.39, 0.29) is 17.2 Å². The first-order valence-corrected chi connectivity index (χ1v) is 14.4. The van der Waals surface area contributed by atoms with E-state index in [1.54, 1.807) is 30.3 Å². The molecule has 0 radical (unpaired) electrons. The van der Waals surface area contributed by atoms with Gasteiger partial charge in [0.2, 0.25) is 10.0 Å². The number of nitrogens with two attached hydrogens (primary N) is 1. The van der Waals surface area contributed by atoms with Crippen LogP contribution in [0.1, 0.15) is 31.8 Å². The Morgan fingerprint density at radius 1 is 1.05 bits per heavy atom. The molecule has 0 saturated carbocycles. The van der Waals surface area contributed by atoms with Gasteiger partial charge in [-0.15, -0.1) is 16.4 Å². The average molecular weight is 564 g/mol. The Balaban J connectivity index is 1.45. The number of amides is 1. The number of rotatable bonds is 9. The Hall–Kier alpha value is -4.04. The molecule has 0 aliphatic carbocycles. The van der Waals surface area contributed by atoms with Crippen LogP contribution in [0.4, 0.5) is 5.69 Å². The van der Waals surface area contributed by atoms with Gasteiger partial charge >= 0.3 is 0 Å². The summed E-state index contributed by atoms with van der Waals surface area (Å²) in [6, 6.07) is 20.0. The van der Waals surface area contributed by atoms with Crippen molar-refractivity contribution >= 4 is 60.5 Å². The van der Waals surface area contributed by atoms with Crippen molar-refractivity contribution in [2.45, 2.75) is 17.4 Å². The summed E-state index contributed by atoms with van der Waals surface area (Å²) in [4.78, 5) is 17.4. The van der Waals surface area contributed by atoms with E-state index < -0.39 is 22.0 Å². The monoisotopic (exact) mass is 563 g/mol. The number of nitrogens with one attached hydrogen (secondary N) is 3. The number of sulfonamides is 1. The summed E-state index contributed by atoms with van der Waals surface area (Å²) < 4.78 is 34.5. The molecule has 0 saturated heterocycles. The highest BCUT2D eigenvalue weighted by molar-refractivity contribution is 7.89. The number of benzene rings is 3. The van der Waals surface area contributed by atoms with Gasteiger partial charge in [-0.2, -0.15) is 0 Å². The Morgan fingerprint density at radius 2 is 1.87 bits per heavy atom. The predicted molar refractivity (Wildman–Crippen MR) is 148 cm³/mol. The molecular weight excluding hydrogens is 543 g/mol. The van der Waals surface area contributed by atoms with Gasteiger partial charge in [-0.3, -0.25) is 10.2 Å². The van der Waals surface area contributed by atoms with Crippen LogP contribution in [-0.2, 0) is 16.4 Å². The number of fused-ring (bicyclic) bond motifs is 1. The van der Waals surface area contributed by atoms with E-state index >= 15 is 0 Å². The number of thiazole rings is 1. The molecule has 38 heavy (non-hydrogen) atoms. The second-order valence-electron chi connectivity index (χ2n) is 8.28. The third kappa shape index (κ3) is 5.75. The van der Waals surface area contributed by atoms with E-state index in [0.717, 1.165) is 27.3 Å². The first-order valence-electron chi connectivity index (χ1n) is 11.3. The molecule has 0 aliphatic rings. The molecule has 5 N–H and O–H groups in total. The van der Waals surface area contributed by atoms with Crippen molar-refractivity contribution in [1.29, 1.82) is 5.41 Å². The van der Waals surface area contributed by atoms with E-state index in [2.05, 4.69) is 24.6 Å². The van der Waals surface area contributed by atoms with Gasteiger partial charge in [0.25, 0.3) is 5.91 Å². The van der Waals surface area contributed by atoms with E-state index in [1.165, 1.54) is 29.7 Å². The number of nitrogen functional groups attached to an aromatic ring is 1. The highest BCUT2D eigenvalue weighted by Crippen LogP contribution is 2.30. The zero-order valence-corrected chi connectivity index (χ0v) is 22.1.